The minimum absolute atomic E-state index is 0.0281. The fraction of sp³-hybridized carbons (Fsp3) is 0.500. The molecular weight excluding hydrogens is 518 g/mol. The first-order valence-electron chi connectivity index (χ1n) is 11.9. The van der Waals surface area contributed by atoms with Crippen LogP contribution < -0.4 is 27.4 Å². The van der Waals surface area contributed by atoms with Gasteiger partial charge in [0.25, 0.3) is 0 Å². The molecule has 14 heteroatoms. The van der Waals surface area contributed by atoms with Crippen LogP contribution in [0.3, 0.4) is 0 Å². The summed E-state index contributed by atoms with van der Waals surface area (Å²) in [6.07, 6.45) is 0.982. The van der Waals surface area contributed by atoms with Crippen LogP contribution in [-0.4, -0.2) is 82.0 Å². The quantitative estimate of drug-likeness (QED) is 0.117. The number of thioether (sulfide) groups is 1. The molecule has 0 aromatic heterocycles. The minimum Gasteiger partial charge on any atom is -0.481 e. The molecule has 210 valence electrons. The maximum absolute atomic E-state index is 13.0. The van der Waals surface area contributed by atoms with E-state index in [1.54, 1.807) is 36.6 Å². The van der Waals surface area contributed by atoms with Crippen LogP contribution in [0.4, 0.5) is 0 Å². The van der Waals surface area contributed by atoms with Crippen LogP contribution in [0.5, 0.6) is 0 Å². The number of hydrogen-bond acceptors (Lipinski definition) is 8. The van der Waals surface area contributed by atoms with Crippen molar-refractivity contribution in [3.63, 3.8) is 0 Å². The van der Waals surface area contributed by atoms with Crippen LogP contribution in [0.15, 0.2) is 30.3 Å². The SMILES string of the molecule is CSCCC(NC(=O)C(N)CCC(N)=O)C(=O)NC(CCC(=O)O)C(=O)NC(Cc1ccccc1)C(=O)O. The van der Waals surface area contributed by atoms with E-state index in [2.05, 4.69) is 16.0 Å². The molecule has 0 saturated heterocycles. The second-order valence-corrected chi connectivity index (χ2v) is 9.52. The topological polar surface area (TPSA) is 231 Å². The van der Waals surface area contributed by atoms with Gasteiger partial charge in [-0.15, -0.1) is 0 Å². The Labute approximate surface area is 224 Å². The van der Waals surface area contributed by atoms with E-state index in [1.165, 1.54) is 11.8 Å². The van der Waals surface area contributed by atoms with Gasteiger partial charge in [0, 0.05) is 19.3 Å². The average molecular weight is 554 g/mol. The predicted molar refractivity (Wildman–Crippen MR) is 140 cm³/mol. The van der Waals surface area contributed by atoms with Gasteiger partial charge in [0.05, 0.1) is 6.04 Å². The summed E-state index contributed by atoms with van der Waals surface area (Å²) in [5, 5.41) is 26.0. The Morgan fingerprint density at radius 3 is 1.89 bits per heavy atom. The molecule has 0 bridgehead atoms. The molecule has 13 nitrogen and oxygen atoms in total. The normalized spacial score (nSPS) is 13.8. The number of nitrogens with one attached hydrogen (secondary N) is 3. The molecular formula is C24H35N5O8S. The summed E-state index contributed by atoms with van der Waals surface area (Å²) in [5.74, 6) is -5.05. The smallest absolute Gasteiger partial charge is 0.326 e. The molecule has 0 saturated carbocycles. The number of primary amides is 1. The highest BCUT2D eigenvalue weighted by molar-refractivity contribution is 7.98. The summed E-state index contributed by atoms with van der Waals surface area (Å²) in [5.41, 5.74) is 11.5. The maximum Gasteiger partial charge on any atom is 0.326 e. The molecule has 0 spiro atoms. The van der Waals surface area contributed by atoms with Crippen molar-refractivity contribution in [2.24, 2.45) is 11.5 Å². The molecule has 0 aliphatic rings. The van der Waals surface area contributed by atoms with Gasteiger partial charge in [0.2, 0.25) is 23.6 Å². The number of rotatable bonds is 18. The van der Waals surface area contributed by atoms with Gasteiger partial charge in [-0.25, -0.2) is 4.79 Å². The van der Waals surface area contributed by atoms with E-state index in [9.17, 15) is 33.9 Å². The molecule has 4 atom stereocenters. The van der Waals surface area contributed by atoms with Crippen molar-refractivity contribution < 1.29 is 39.0 Å². The maximum atomic E-state index is 13.0. The number of hydrogen-bond donors (Lipinski definition) is 7. The number of aliphatic carboxylic acids is 2. The zero-order chi connectivity index (χ0) is 28.7. The van der Waals surface area contributed by atoms with Crippen molar-refractivity contribution in [2.75, 3.05) is 12.0 Å². The predicted octanol–water partition coefficient (Wildman–Crippen LogP) is -1.02. The number of carboxylic acids is 2. The van der Waals surface area contributed by atoms with E-state index < -0.39 is 66.2 Å². The summed E-state index contributed by atoms with van der Waals surface area (Å²) in [7, 11) is 0. The highest BCUT2D eigenvalue weighted by Gasteiger charge is 2.30. The van der Waals surface area contributed by atoms with Crippen LogP contribution in [0.25, 0.3) is 0 Å². The molecule has 4 unspecified atom stereocenters. The zero-order valence-corrected chi connectivity index (χ0v) is 21.9. The van der Waals surface area contributed by atoms with E-state index >= 15 is 0 Å². The minimum atomic E-state index is -1.38. The summed E-state index contributed by atoms with van der Waals surface area (Å²) in [6.45, 7) is 0. The van der Waals surface area contributed by atoms with Crippen LogP contribution in [0, 0.1) is 0 Å². The van der Waals surface area contributed by atoms with Crippen molar-refractivity contribution in [3.05, 3.63) is 35.9 Å². The Balaban J connectivity index is 3.00. The lowest BCUT2D eigenvalue weighted by atomic mass is 10.0. The second kappa shape index (κ2) is 17.0. The molecule has 0 aliphatic carbocycles. The van der Waals surface area contributed by atoms with E-state index in [-0.39, 0.29) is 32.1 Å². The average Bonchev–Trinajstić information content (AvgIpc) is 2.86. The molecule has 4 amide bonds. The van der Waals surface area contributed by atoms with E-state index in [4.69, 9.17) is 16.6 Å². The van der Waals surface area contributed by atoms with Crippen molar-refractivity contribution >= 4 is 47.3 Å². The van der Waals surface area contributed by atoms with Crippen LogP contribution in [0.1, 0.15) is 37.7 Å². The zero-order valence-electron chi connectivity index (χ0n) is 21.1. The fourth-order valence-corrected chi connectivity index (χ4v) is 3.81. The van der Waals surface area contributed by atoms with Gasteiger partial charge in [-0.2, -0.15) is 11.8 Å². The number of carbonyl (C=O) groups is 6. The second-order valence-electron chi connectivity index (χ2n) is 8.54. The largest absolute Gasteiger partial charge is 0.481 e. The van der Waals surface area contributed by atoms with Crippen molar-refractivity contribution in [1.29, 1.82) is 0 Å². The third kappa shape index (κ3) is 12.5. The molecule has 0 aliphatic heterocycles. The number of benzene rings is 1. The van der Waals surface area contributed by atoms with E-state index in [1.807, 2.05) is 0 Å². The third-order valence-corrected chi connectivity index (χ3v) is 6.10. The Kier molecular flexibility index (Phi) is 14.5. The summed E-state index contributed by atoms with van der Waals surface area (Å²) >= 11 is 1.40. The first-order chi connectivity index (χ1) is 17.9. The molecule has 0 heterocycles. The first kappa shape index (κ1) is 32.4. The monoisotopic (exact) mass is 553 g/mol. The van der Waals surface area contributed by atoms with Crippen molar-refractivity contribution in [2.45, 2.75) is 62.7 Å². The number of amides is 4. The van der Waals surface area contributed by atoms with Gasteiger partial charge < -0.3 is 37.6 Å². The highest BCUT2D eigenvalue weighted by atomic mass is 32.2. The van der Waals surface area contributed by atoms with Gasteiger partial charge in [-0.3, -0.25) is 24.0 Å². The van der Waals surface area contributed by atoms with E-state index in [0.29, 0.717) is 11.3 Å². The number of nitrogens with two attached hydrogens (primary N) is 2. The first-order valence-corrected chi connectivity index (χ1v) is 13.3. The lowest BCUT2D eigenvalue weighted by Gasteiger charge is -2.25. The summed E-state index contributed by atoms with van der Waals surface area (Å²) in [4.78, 5) is 72.4. The lowest BCUT2D eigenvalue weighted by Crippen LogP contribution is -2.57. The number of carbonyl (C=O) groups excluding carboxylic acids is 4. The van der Waals surface area contributed by atoms with E-state index in [0.717, 1.165) is 0 Å². The lowest BCUT2D eigenvalue weighted by molar-refractivity contribution is -0.143. The van der Waals surface area contributed by atoms with Crippen molar-refractivity contribution in [3.8, 4) is 0 Å². The van der Waals surface area contributed by atoms with Crippen molar-refractivity contribution in [1.82, 2.24) is 16.0 Å². The molecule has 9 N–H and O–H groups in total. The van der Waals surface area contributed by atoms with Gasteiger partial charge in [0.1, 0.15) is 18.1 Å². The van der Waals surface area contributed by atoms with Crippen LogP contribution in [0.2, 0.25) is 0 Å². The van der Waals surface area contributed by atoms with Gasteiger partial charge in [0.15, 0.2) is 0 Å². The Morgan fingerprint density at radius 1 is 0.816 bits per heavy atom. The Hall–Kier alpha value is -3.65. The molecule has 38 heavy (non-hydrogen) atoms. The summed E-state index contributed by atoms with van der Waals surface area (Å²) in [6, 6.07) is 3.65. The molecule has 0 radical (unpaired) electrons. The molecule has 1 rings (SSSR count). The van der Waals surface area contributed by atoms with Gasteiger partial charge >= 0.3 is 11.9 Å². The van der Waals surface area contributed by atoms with Gasteiger partial charge in [-0.1, -0.05) is 30.3 Å². The number of carboxylic acid groups (broad SMARTS) is 2. The van der Waals surface area contributed by atoms with Crippen LogP contribution >= 0.6 is 11.8 Å². The standard InChI is InChI=1S/C24H35N5O8S/c1-38-12-11-17(27-21(33)15(25)7-9-19(26)30)23(35)28-16(8-10-20(31)32)22(34)29-18(24(36)37)13-14-5-3-2-4-6-14/h2-6,15-18H,7-13,25H2,1H3,(H2,26,30)(H,27,33)(H,28,35)(H,29,34)(H,31,32)(H,36,37). The van der Waals surface area contributed by atoms with Gasteiger partial charge in [-0.05, 0) is 36.8 Å². The Bertz CT molecular complexity index is 978. The summed E-state index contributed by atoms with van der Waals surface area (Å²) < 4.78 is 0. The Morgan fingerprint density at radius 2 is 1.37 bits per heavy atom. The molecule has 0 fully saturated rings. The third-order valence-electron chi connectivity index (χ3n) is 5.46. The molecule has 1 aromatic carbocycles. The van der Waals surface area contributed by atoms with Crippen LogP contribution in [-0.2, 0) is 35.2 Å². The fourth-order valence-electron chi connectivity index (χ4n) is 3.34. The molecule has 1 aromatic rings. The highest BCUT2D eigenvalue weighted by Crippen LogP contribution is 2.08.